The molecular weight excluding hydrogens is 194 g/mol. The van der Waals surface area contributed by atoms with Gasteiger partial charge in [-0.05, 0) is 0 Å². The Morgan fingerprint density at radius 3 is 2.67 bits per heavy atom. The van der Waals surface area contributed by atoms with Gasteiger partial charge in [0.2, 0.25) is 11.9 Å². The van der Waals surface area contributed by atoms with Crippen molar-refractivity contribution < 1.29 is 4.79 Å². The number of rotatable bonds is 4. The molecule has 82 valence electrons. The third-order valence-electron chi connectivity index (χ3n) is 1.95. The summed E-state index contributed by atoms with van der Waals surface area (Å²) in [4.78, 5) is 20.9. The Bertz CT molecular complexity index is 324. The van der Waals surface area contributed by atoms with Crippen LogP contribution in [0.25, 0.3) is 0 Å². The number of carbonyl (C=O) groups excluding carboxylic acids is 1. The Morgan fingerprint density at radius 1 is 1.53 bits per heavy atom. The van der Waals surface area contributed by atoms with E-state index >= 15 is 0 Å². The summed E-state index contributed by atoms with van der Waals surface area (Å²) in [6.07, 6.45) is 3.50. The molecule has 0 spiro atoms. The second kappa shape index (κ2) is 5.14. The number of nitrogens with two attached hydrogens (primary N) is 1. The van der Waals surface area contributed by atoms with E-state index in [9.17, 15) is 4.79 Å². The summed E-state index contributed by atoms with van der Waals surface area (Å²) in [7, 11) is 3.44. The molecule has 1 amide bonds. The Morgan fingerprint density at radius 2 is 2.13 bits per heavy atom. The van der Waals surface area contributed by atoms with Crippen molar-refractivity contribution in [2.75, 3.05) is 31.3 Å². The molecule has 0 saturated heterocycles. The van der Waals surface area contributed by atoms with Gasteiger partial charge in [0.05, 0.1) is 18.1 Å². The van der Waals surface area contributed by atoms with Crippen molar-refractivity contribution in [1.82, 2.24) is 15.3 Å². The summed E-state index contributed by atoms with van der Waals surface area (Å²) in [5.74, 6) is 0.561. The van der Waals surface area contributed by atoms with E-state index in [1.165, 1.54) is 0 Å². The molecule has 1 heterocycles. The van der Waals surface area contributed by atoms with E-state index in [2.05, 4.69) is 15.3 Å². The fourth-order valence-corrected chi connectivity index (χ4v) is 1.02. The third-order valence-corrected chi connectivity index (χ3v) is 1.95. The Kier molecular flexibility index (Phi) is 3.84. The molecular formula is C9H15N5O. The van der Waals surface area contributed by atoms with Gasteiger partial charge in [-0.1, -0.05) is 0 Å². The zero-order valence-corrected chi connectivity index (χ0v) is 8.90. The van der Waals surface area contributed by atoms with Gasteiger partial charge in [-0.25, -0.2) is 9.97 Å². The van der Waals surface area contributed by atoms with Crippen molar-refractivity contribution in [1.29, 1.82) is 0 Å². The SMILES string of the molecule is CNC(=O)CCN(C)c1ncc(N)cn1. The quantitative estimate of drug-likeness (QED) is 0.707. The van der Waals surface area contributed by atoms with E-state index in [-0.39, 0.29) is 5.91 Å². The highest BCUT2D eigenvalue weighted by molar-refractivity contribution is 5.76. The summed E-state index contributed by atoms with van der Waals surface area (Å²) in [6.45, 7) is 0.573. The number of carbonyl (C=O) groups is 1. The number of nitrogen functional groups attached to an aromatic ring is 1. The van der Waals surface area contributed by atoms with E-state index < -0.39 is 0 Å². The predicted molar refractivity (Wildman–Crippen MR) is 58.4 cm³/mol. The van der Waals surface area contributed by atoms with Crippen LogP contribution in [0.1, 0.15) is 6.42 Å². The summed E-state index contributed by atoms with van der Waals surface area (Å²) in [5, 5.41) is 2.55. The first-order chi connectivity index (χ1) is 7.13. The van der Waals surface area contributed by atoms with Crippen LogP contribution in [0.3, 0.4) is 0 Å². The minimum Gasteiger partial charge on any atom is -0.396 e. The predicted octanol–water partition coefficient (Wildman–Crippen LogP) is -0.369. The van der Waals surface area contributed by atoms with Crippen LogP contribution >= 0.6 is 0 Å². The lowest BCUT2D eigenvalue weighted by Crippen LogP contribution is -2.27. The van der Waals surface area contributed by atoms with Gasteiger partial charge in [0.25, 0.3) is 0 Å². The highest BCUT2D eigenvalue weighted by atomic mass is 16.1. The van der Waals surface area contributed by atoms with E-state index in [4.69, 9.17) is 5.73 Å². The number of aromatic nitrogens is 2. The van der Waals surface area contributed by atoms with Crippen molar-refractivity contribution in [2.24, 2.45) is 0 Å². The second-order valence-electron chi connectivity index (χ2n) is 3.16. The number of anilines is 2. The molecule has 1 aromatic rings. The first-order valence-corrected chi connectivity index (χ1v) is 4.62. The molecule has 0 fully saturated rings. The summed E-state index contributed by atoms with van der Waals surface area (Å²) < 4.78 is 0. The average molecular weight is 209 g/mol. The highest BCUT2D eigenvalue weighted by Crippen LogP contribution is 2.05. The highest BCUT2D eigenvalue weighted by Gasteiger charge is 2.05. The van der Waals surface area contributed by atoms with Gasteiger partial charge in [0.15, 0.2) is 0 Å². The zero-order valence-electron chi connectivity index (χ0n) is 8.90. The van der Waals surface area contributed by atoms with Crippen LogP contribution in [0, 0.1) is 0 Å². The molecule has 0 aliphatic rings. The van der Waals surface area contributed by atoms with Gasteiger partial charge in [0, 0.05) is 27.1 Å². The fourth-order valence-electron chi connectivity index (χ4n) is 1.02. The molecule has 0 aromatic carbocycles. The first kappa shape index (κ1) is 11.2. The first-order valence-electron chi connectivity index (χ1n) is 4.62. The average Bonchev–Trinajstić information content (AvgIpc) is 2.26. The van der Waals surface area contributed by atoms with Crippen molar-refractivity contribution in [3.05, 3.63) is 12.4 Å². The number of amides is 1. The summed E-state index contributed by atoms with van der Waals surface area (Å²) in [6, 6.07) is 0. The van der Waals surface area contributed by atoms with Gasteiger partial charge in [-0.2, -0.15) is 0 Å². The van der Waals surface area contributed by atoms with Crippen LogP contribution in [0.15, 0.2) is 12.4 Å². The molecule has 0 unspecified atom stereocenters. The molecule has 6 heteroatoms. The Labute approximate surface area is 88.5 Å². The minimum absolute atomic E-state index is 0.00250. The standard InChI is InChI=1S/C9H15N5O/c1-11-8(15)3-4-14(2)9-12-5-7(10)6-13-9/h5-6H,3-4,10H2,1-2H3,(H,11,15). The van der Waals surface area contributed by atoms with Crippen molar-refractivity contribution in [2.45, 2.75) is 6.42 Å². The Balaban J connectivity index is 2.50. The molecule has 15 heavy (non-hydrogen) atoms. The summed E-state index contributed by atoms with van der Waals surface area (Å²) in [5.41, 5.74) is 5.99. The molecule has 6 nitrogen and oxygen atoms in total. The number of nitrogens with one attached hydrogen (secondary N) is 1. The van der Waals surface area contributed by atoms with Crippen molar-refractivity contribution >= 4 is 17.5 Å². The van der Waals surface area contributed by atoms with Gasteiger partial charge in [-0.3, -0.25) is 4.79 Å². The maximum Gasteiger partial charge on any atom is 0.225 e. The molecule has 0 atom stereocenters. The smallest absolute Gasteiger partial charge is 0.225 e. The van der Waals surface area contributed by atoms with Crippen LogP contribution in [0.5, 0.6) is 0 Å². The number of hydrogen-bond donors (Lipinski definition) is 2. The molecule has 0 saturated carbocycles. The molecule has 3 N–H and O–H groups in total. The number of hydrogen-bond acceptors (Lipinski definition) is 5. The second-order valence-corrected chi connectivity index (χ2v) is 3.16. The van der Waals surface area contributed by atoms with Crippen LogP contribution < -0.4 is 16.0 Å². The van der Waals surface area contributed by atoms with Crippen LogP contribution in [-0.2, 0) is 4.79 Å². The van der Waals surface area contributed by atoms with Gasteiger partial charge >= 0.3 is 0 Å². The topological polar surface area (TPSA) is 84.1 Å². The maximum absolute atomic E-state index is 11.0. The lowest BCUT2D eigenvalue weighted by atomic mass is 10.4. The third kappa shape index (κ3) is 3.41. The lowest BCUT2D eigenvalue weighted by Gasteiger charge is -2.15. The maximum atomic E-state index is 11.0. The Hall–Kier alpha value is -1.85. The van der Waals surface area contributed by atoms with Gasteiger partial charge in [-0.15, -0.1) is 0 Å². The molecule has 0 radical (unpaired) electrons. The molecule has 0 aliphatic heterocycles. The van der Waals surface area contributed by atoms with E-state index in [0.717, 1.165) is 0 Å². The molecule has 1 aromatic heterocycles. The minimum atomic E-state index is -0.00250. The van der Waals surface area contributed by atoms with Crippen LogP contribution in [0.2, 0.25) is 0 Å². The van der Waals surface area contributed by atoms with Gasteiger partial charge in [0.1, 0.15) is 0 Å². The molecule has 0 bridgehead atoms. The van der Waals surface area contributed by atoms with Crippen LogP contribution in [-0.4, -0.2) is 36.5 Å². The van der Waals surface area contributed by atoms with Crippen molar-refractivity contribution in [3.8, 4) is 0 Å². The summed E-state index contributed by atoms with van der Waals surface area (Å²) >= 11 is 0. The number of nitrogens with zero attached hydrogens (tertiary/aromatic N) is 3. The monoisotopic (exact) mass is 209 g/mol. The van der Waals surface area contributed by atoms with Crippen LogP contribution in [0.4, 0.5) is 11.6 Å². The van der Waals surface area contributed by atoms with E-state index in [0.29, 0.717) is 24.6 Å². The largest absolute Gasteiger partial charge is 0.396 e. The van der Waals surface area contributed by atoms with Gasteiger partial charge < -0.3 is 16.0 Å². The van der Waals surface area contributed by atoms with E-state index in [1.54, 1.807) is 24.3 Å². The molecule has 1 rings (SSSR count). The van der Waals surface area contributed by atoms with Crippen molar-refractivity contribution in [3.63, 3.8) is 0 Å². The molecule has 0 aliphatic carbocycles. The fraction of sp³-hybridized carbons (Fsp3) is 0.444. The zero-order chi connectivity index (χ0) is 11.3. The van der Waals surface area contributed by atoms with E-state index in [1.807, 2.05) is 7.05 Å². The lowest BCUT2D eigenvalue weighted by molar-refractivity contribution is -0.120. The normalized spacial score (nSPS) is 9.73.